The summed E-state index contributed by atoms with van der Waals surface area (Å²) in [6.45, 7) is 3.30. The number of nitrogens with zero attached hydrogens (tertiary/aromatic N) is 1. The van der Waals surface area contributed by atoms with Crippen molar-refractivity contribution in [2.45, 2.75) is 26.2 Å². The van der Waals surface area contributed by atoms with Crippen molar-refractivity contribution in [1.29, 1.82) is 5.26 Å². The van der Waals surface area contributed by atoms with E-state index < -0.39 is 18.9 Å². The molecule has 1 aliphatic rings. The standard InChI is InChI=1S/C21H21BFNO4/c1-2-3-4-16-13-26-22(27-14-16)17-7-10-19(20(23)11-17)21(25)28-18-8-5-15(12-24)6-9-18/h5-11,16H,2-4,13-14H2,1H3. The number of carbonyl (C=O) groups excluding carboxylic acids is 1. The SMILES string of the molecule is CCCCC1COB(c2ccc(C(=O)Oc3ccc(C#N)cc3)c(F)c2)OC1. The first-order valence-corrected chi connectivity index (χ1v) is 9.35. The van der Waals surface area contributed by atoms with E-state index >= 15 is 0 Å². The lowest BCUT2D eigenvalue weighted by Gasteiger charge is -2.27. The molecule has 1 aliphatic heterocycles. The smallest absolute Gasteiger partial charge is 0.423 e. The van der Waals surface area contributed by atoms with Gasteiger partial charge in [0.15, 0.2) is 0 Å². The van der Waals surface area contributed by atoms with Gasteiger partial charge in [-0.3, -0.25) is 0 Å². The highest BCUT2D eigenvalue weighted by Crippen LogP contribution is 2.18. The maximum absolute atomic E-state index is 14.5. The zero-order chi connectivity index (χ0) is 19.9. The minimum absolute atomic E-state index is 0.176. The van der Waals surface area contributed by atoms with Gasteiger partial charge in [-0.15, -0.1) is 0 Å². The number of hydrogen-bond donors (Lipinski definition) is 0. The Kier molecular flexibility index (Phi) is 6.80. The van der Waals surface area contributed by atoms with Gasteiger partial charge in [-0.25, -0.2) is 9.18 Å². The molecule has 1 heterocycles. The molecule has 7 heteroatoms. The van der Waals surface area contributed by atoms with E-state index in [1.165, 1.54) is 36.4 Å². The van der Waals surface area contributed by atoms with E-state index in [2.05, 4.69) is 6.92 Å². The van der Waals surface area contributed by atoms with Crippen molar-refractivity contribution in [3.8, 4) is 11.8 Å². The van der Waals surface area contributed by atoms with Crippen molar-refractivity contribution >= 4 is 18.6 Å². The zero-order valence-corrected chi connectivity index (χ0v) is 15.7. The Balaban J connectivity index is 1.62. The number of halogens is 1. The van der Waals surface area contributed by atoms with Crippen LogP contribution < -0.4 is 10.2 Å². The number of carbonyl (C=O) groups is 1. The fourth-order valence-electron chi connectivity index (χ4n) is 3.00. The Hall–Kier alpha value is -2.69. The summed E-state index contributed by atoms with van der Waals surface area (Å²) in [5, 5.41) is 8.78. The van der Waals surface area contributed by atoms with Gasteiger partial charge in [0.1, 0.15) is 11.6 Å². The molecule has 2 aromatic rings. The van der Waals surface area contributed by atoms with Gasteiger partial charge in [-0.1, -0.05) is 25.8 Å². The van der Waals surface area contributed by atoms with E-state index in [1.54, 1.807) is 6.07 Å². The number of nitriles is 1. The predicted molar refractivity (Wildman–Crippen MR) is 103 cm³/mol. The summed E-state index contributed by atoms with van der Waals surface area (Å²) in [5.41, 5.74) is 0.797. The number of hydrogen-bond acceptors (Lipinski definition) is 5. The molecular formula is C21H21BFNO4. The third kappa shape index (κ3) is 4.97. The highest BCUT2D eigenvalue weighted by molar-refractivity contribution is 6.61. The van der Waals surface area contributed by atoms with Crippen LogP contribution >= 0.6 is 0 Å². The van der Waals surface area contributed by atoms with Crippen LogP contribution in [0.5, 0.6) is 5.75 Å². The average molecular weight is 381 g/mol. The zero-order valence-electron chi connectivity index (χ0n) is 15.7. The Labute approximate surface area is 164 Å². The summed E-state index contributed by atoms with van der Waals surface area (Å²) in [6, 6.07) is 12.2. The van der Waals surface area contributed by atoms with Crippen molar-refractivity contribution in [3.63, 3.8) is 0 Å². The van der Waals surface area contributed by atoms with Gasteiger partial charge >= 0.3 is 13.1 Å². The van der Waals surface area contributed by atoms with Gasteiger partial charge in [0.05, 0.1) is 17.2 Å². The molecule has 0 aromatic heterocycles. The first-order chi connectivity index (χ1) is 13.6. The van der Waals surface area contributed by atoms with Gasteiger partial charge in [0, 0.05) is 19.1 Å². The van der Waals surface area contributed by atoms with Crippen molar-refractivity contribution < 1.29 is 23.2 Å². The second kappa shape index (κ2) is 9.49. The monoisotopic (exact) mass is 381 g/mol. The lowest BCUT2D eigenvalue weighted by molar-refractivity contribution is 0.0729. The molecule has 5 nitrogen and oxygen atoms in total. The topological polar surface area (TPSA) is 68.5 Å². The lowest BCUT2D eigenvalue weighted by Crippen LogP contribution is -2.44. The third-order valence-electron chi connectivity index (χ3n) is 4.61. The Bertz CT molecular complexity index is 858. The van der Waals surface area contributed by atoms with E-state index in [0.717, 1.165) is 19.3 Å². The van der Waals surface area contributed by atoms with E-state index in [4.69, 9.17) is 19.3 Å². The summed E-state index contributed by atoms with van der Waals surface area (Å²) in [4.78, 5) is 12.2. The molecule has 0 spiro atoms. The van der Waals surface area contributed by atoms with Gasteiger partial charge in [0.2, 0.25) is 0 Å². The van der Waals surface area contributed by atoms with Crippen LogP contribution in [-0.4, -0.2) is 26.3 Å². The van der Waals surface area contributed by atoms with Crippen molar-refractivity contribution in [2.75, 3.05) is 13.2 Å². The molecule has 0 bridgehead atoms. The van der Waals surface area contributed by atoms with Crippen LogP contribution in [0.2, 0.25) is 0 Å². The highest BCUT2D eigenvalue weighted by Gasteiger charge is 2.30. The second-order valence-corrected chi connectivity index (χ2v) is 6.77. The summed E-state index contributed by atoms with van der Waals surface area (Å²) >= 11 is 0. The van der Waals surface area contributed by atoms with E-state index in [1.807, 2.05) is 6.07 Å². The molecule has 0 aliphatic carbocycles. The van der Waals surface area contributed by atoms with Crippen LogP contribution in [0.4, 0.5) is 4.39 Å². The molecule has 0 amide bonds. The van der Waals surface area contributed by atoms with Gasteiger partial charge in [0.25, 0.3) is 0 Å². The minimum atomic E-state index is -0.807. The Morgan fingerprint density at radius 2 is 1.96 bits per heavy atom. The van der Waals surface area contributed by atoms with Crippen molar-refractivity contribution in [1.82, 2.24) is 0 Å². The third-order valence-corrected chi connectivity index (χ3v) is 4.61. The molecule has 1 saturated heterocycles. The summed E-state index contributed by atoms with van der Waals surface area (Å²) in [5.74, 6) is -0.900. The van der Waals surface area contributed by atoms with Crippen LogP contribution in [0.15, 0.2) is 42.5 Å². The maximum Gasteiger partial charge on any atom is 0.493 e. The average Bonchev–Trinajstić information content (AvgIpc) is 2.73. The number of esters is 1. The summed E-state index contributed by atoms with van der Waals surface area (Å²) in [6.07, 6.45) is 3.32. The van der Waals surface area contributed by atoms with Crippen LogP contribution in [0.3, 0.4) is 0 Å². The molecule has 1 fully saturated rings. The molecule has 28 heavy (non-hydrogen) atoms. The first kappa shape index (κ1) is 20.1. The number of benzene rings is 2. The number of rotatable bonds is 6. The molecule has 2 aromatic carbocycles. The maximum atomic E-state index is 14.5. The fraction of sp³-hybridized carbons (Fsp3) is 0.333. The van der Waals surface area contributed by atoms with E-state index in [0.29, 0.717) is 30.2 Å². The number of ether oxygens (including phenoxy) is 1. The first-order valence-electron chi connectivity index (χ1n) is 9.35. The van der Waals surface area contributed by atoms with Crippen molar-refractivity contribution in [3.05, 3.63) is 59.4 Å². The Morgan fingerprint density at radius 1 is 1.25 bits per heavy atom. The van der Waals surface area contributed by atoms with Gasteiger partial charge in [-0.05, 0) is 48.3 Å². The molecule has 0 atom stereocenters. The normalized spacial score (nSPS) is 14.5. The largest absolute Gasteiger partial charge is 0.493 e. The van der Waals surface area contributed by atoms with Crippen molar-refractivity contribution in [2.24, 2.45) is 5.92 Å². The quantitative estimate of drug-likeness (QED) is 0.436. The summed E-state index contributed by atoms with van der Waals surface area (Å²) in [7, 11) is -0.629. The second-order valence-electron chi connectivity index (χ2n) is 6.77. The van der Waals surface area contributed by atoms with Crippen LogP contribution in [0.1, 0.15) is 42.1 Å². The minimum Gasteiger partial charge on any atom is -0.423 e. The molecule has 0 saturated carbocycles. The molecule has 144 valence electrons. The van der Waals surface area contributed by atoms with E-state index in [9.17, 15) is 9.18 Å². The van der Waals surface area contributed by atoms with E-state index in [-0.39, 0.29) is 11.3 Å². The molecule has 3 rings (SSSR count). The molecular weight excluding hydrogens is 360 g/mol. The molecule has 0 N–H and O–H groups in total. The predicted octanol–water partition coefficient (Wildman–Crippen LogP) is 3.46. The van der Waals surface area contributed by atoms with Crippen LogP contribution in [0, 0.1) is 23.1 Å². The van der Waals surface area contributed by atoms with Crippen LogP contribution in [-0.2, 0) is 9.31 Å². The Morgan fingerprint density at radius 3 is 2.57 bits per heavy atom. The highest BCUT2D eigenvalue weighted by atomic mass is 19.1. The molecule has 0 radical (unpaired) electrons. The molecule has 0 unspecified atom stereocenters. The fourth-order valence-corrected chi connectivity index (χ4v) is 3.00. The lowest BCUT2D eigenvalue weighted by atomic mass is 9.77. The van der Waals surface area contributed by atoms with Gasteiger partial charge < -0.3 is 14.0 Å². The van der Waals surface area contributed by atoms with Gasteiger partial charge in [-0.2, -0.15) is 5.26 Å². The number of unbranched alkanes of at least 4 members (excludes halogenated alkanes) is 1. The summed E-state index contributed by atoms with van der Waals surface area (Å²) < 4.78 is 31.1. The van der Waals surface area contributed by atoms with Crippen LogP contribution in [0.25, 0.3) is 0 Å².